The van der Waals surface area contributed by atoms with Crippen molar-refractivity contribution in [3.63, 3.8) is 0 Å². The van der Waals surface area contributed by atoms with Gasteiger partial charge in [0.2, 0.25) is 0 Å². The summed E-state index contributed by atoms with van der Waals surface area (Å²) in [4.78, 5) is 24.1. The summed E-state index contributed by atoms with van der Waals surface area (Å²) in [6.45, 7) is 2.19. The third-order valence-electron chi connectivity index (χ3n) is 5.79. The summed E-state index contributed by atoms with van der Waals surface area (Å²) in [6.07, 6.45) is 1.26. The van der Waals surface area contributed by atoms with Crippen LogP contribution in [0.5, 0.6) is 5.75 Å². The van der Waals surface area contributed by atoms with Crippen molar-refractivity contribution in [3.05, 3.63) is 58.1 Å². The van der Waals surface area contributed by atoms with Gasteiger partial charge in [-0.2, -0.15) is 0 Å². The highest BCUT2D eigenvalue weighted by atomic mass is 35.5. The Hall–Kier alpha value is -2.44. The fourth-order valence-corrected chi connectivity index (χ4v) is 4.22. The summed E-state index contributed by atoms with van der Waals surface area (Å²) in [5, 5.41) is 6.94. The number of aryl methyl sites for hydroxylation is 1. The van der Waals surface area contributed by atoms with Gasteiger partial charge < -0.3 is 14.8 Å². The van der Waals surface area contributed by atoms with E-state index >= 15 is 0 Å². The quantitative estimate of drug-likeness (QED) is 0.635. The molecule has 0 aliphatic heterocycles. The highest BCUT2D eigenvalue weighted by Crippen LogP contribution is 2.67. The number of anilines is 1. The molecule has 2 fully saturated rings. The molecular formula is C22H22Cl2N2O4. The van der Waals surface area contributed by atoms with Gasteiger partial charge in [-0.25, -0.2) is 4.79 Å². The number of fused-ring (bicyclic) bond motifs is 1. The van der Waals surface area contributed by atoms with Crippen molar-refractivity contribution in [2.24, 2.45) is 11.3 Å². The van der Waals surface area contributed by atoms with E-state index in [1.807, 2.05) is 6.92 Å². The molecule has 2 saturated carbocycles. The molecule has 0 heterocycles. The number of carbonyl (C=O) groups excluding carboxylic acids is 2. The fourth-order valence-electron chi connectivity index (χ4n) is 3.98. The van der Waals surface area contributed by atoms with Gasteiger partial charge in [0.1, 0.15) is 5.75 Å². The second-order valence-corrected chi connectivity index (χ2v) is 8.80. The van der Waals surface area contributed by atoms with Crippen LogP contribution in [0.4, 0.5) is 10.5 Å². The van der Waals surface area contributed by atoms with Gasteiger partial charge in [-0.15, -0.1) is 0 Å². The van der Waals surface area contributed by atoms with Crippen LogP contribution in [0.3, 0.4) is 0 Å². The molecule has 3 unspecified atom stereocenters. The van der Waals surface area contributed by atoms with Crippen molar-refractivity contribution in [3.8, 4) is 5.75 Å². The topological polar surface area (TPSA) is 76.7 Å². The van der Waals surface area contributed by atoms with Gasteiger partial charge in [0.15, 0.2) is 6.61 Å². The number of hydrogen-bond donors (Lipinski definition) is 2. The van der Waals surface area contributed by atoms with E-state index in [1.165, 1.54) is 0 Å². The van der Waals surface area contributed by atoms with Crippen LogP contribution in [-0.4, -0.2) is 31.3 Å². The third-order valence-corrected chi connectivity index (χ3v) is 6.47. The molecule has 3 atom stereocenters. The molecule has 2 aromatic rings. The highest BCUT2D eigenvalue weighted by Gasteiger charge is 2.68. The van der Waals surface area contributed by atoms with Gasteiger partial charge in [-0.1, -0.05) is 23.2 Å². The van der Waals surface area contributed by atoms with E-state index in [0.717, 1.165) is 18.4 Å². The van der Waals surface area contributed by atoms with E-state index in [1.54, 1.807) is 42.5 Å². The van der Waals surface area contributed by atoms with E-state index in [-0.39, 0.29) is 24.0 Å². The lowest BCUT2D eigenvalue weighted by molar-refractivity contribution is -0.124. The van der Waals surface area contributed by atoms with Crippen molar-refractivity contribution in [2.45, 2.75) is 25.8 Å². The molecule has 0 bridgehead atoms. The van der Waals surface area contributed by atoms with Crippen LogP contribution in [0.1, 0.15) is 18.4 Å². The fraction of sp³-hybridized carbons (Fsp3) is 0.364. The SMILES string of the molecule is Cc1cc(OCC(=O)NC2CC3(COC(=O)Nc4ccc(Cl)cc4)CC23)ccc1Cl. The third kappa shape index (κ3) is 4.65. The highest BCUT2D eigenvalue weighted by molar-refractivity contribution is 6.31. The standard InChI is InChI=1S/C22H22Cl2N2O4/c1-13-8-16(6-7-18(13)24)29-11-20(27)26-19-10-22(9-17(19)22)12-30-21(28)25-15-4-2-14(23)3-5-15/h2-8,17,19H,9-12H2,1H3,(H,25,28)(H,26,27). The predicted octanol–water partition coefficient (Wildman–Crippen LogP) is 4.82. The Kier molecular flexibility index (Phi) is 5.80. The molecule has 2 amide bonds. The molecule has 30 heavy (non-hydrogen) atoms. The molecule has 6 nitrogen and oxygen atoms in total. The molecule has 4 rings (SSSR count). The minimum Gasteiger partial charge on any atom is -0.484 e. The Morgan fingerprint density at radius 1 is 1.13 bits per heavy atom. The number of nitrogens with one attached hydrogen (secondary N) is 2. The average molecular weight is 449 g/mol. The van der Waals surface area contributed by atoms with Gasteiger partial charge in [-0.3, -0.25) is 10.1 Å². The van der Waals surface area contributed by atoms with Gasteiger partial charge >= 0.3 is 6.09 Å². The summed E-state index contributed by atoms with van der Waals surface area (Å²) < 4.78 is 10.9. The number of rotatable bonds is 7. The maximum Gasteiger partial charge on any atom is 0.411 e. The van der Waals surface area contributed by atoms with E-state index in [2.05, 4.69) is 10.6 Å². The molecular weight excluding hydrogens is 427 g/mol. The summed E-state index contributed by atoms with van der Waals surface area (Å²) in [7, 11) is 0. The first-order chi connectivity index (χ1) is 14.3. The zero-order valence-corrected chi connectivity index (χ0v) is 17.9. The Balaban J connectivity index is 1.16. The first-order valence-corrected chi connectivity index (χ1v) is 10.5. The lowest BCUT2D eigenvalue weighted by Crippen LogP contribution is -2.48. The van der Waals surface area contributed by atoms with Crippen molar-refractivity contribution in [2.75, 3.05) is 18.5 Å². The molecule has 2 aliphatic carbocycles. The number of benzene rings is 2. The smallest absolute Gasteiger partial charge is 0.411 e. The molecule has 0 saturated heterocycles. The Morgan fingerprint density at radius 3 is 2.60 bits per heavy atom. The predicted molar refractivity (Wildman–Crippen MR) is 115 cm³/mol. The van der Waals surface area contributed by atoms with Crippen LogP contribution in [-0.2, 0) is 9.53 Å². The lowest BCUT2D eigenvalue weighted by atomic mass is 9.80. The zero-order valence-electron chi connectivity index (χ0n) is 16.4. The summed E-state index contributed by atoms with van der Waals surface area (Å²) in [5.41, 5.74) is 1.53. The number of hydrogen-bond acceptors (Lipinski definition) is 4. The zero-order chi connectivity index (χ0) is 21.3. The van der Waals surface area contributed by atoms with Crippen LogP contribution in [0, 0.1) is 18.3 Å². The Morgan fingerprint density at radius 2 is 1.90 bits per heavy atom. The van der Waals surface area contributed by atoms with Gasteiger partial charge in [-0.05, 0) is 73.7 Å². The largest absolute Gasteiger partial charge is 0.484 e. The Bertz CT molecular complexity index is 966. The summed E-state index contributed by atoms with van der Waals surface area (Å²) >= 11 is 11.8. The van der Waals surface area contributed by atoms with Crippen LogP contribution >= 0.6 is 23.2 Å². The number of halogens is 2. The number of carbonyl (C=O) groups is 2. The number of amides is 2. The van der Waals surface area contributed by atoms with Crippen molar-refractivity contribution in [1.82, 2.24) is 5.32 Å². The van der Waals surface area contributed by atoms with Crippen LogP contribution in [0.25, 0.3) is 0 Å². The van der Waals surface area contributed by atoms with E-state index in [4.69, 9.17) is 32.7 Å². The normalized spacial score (nSPS) is 23.6. The molecule has 0 radical (unpaired) electrons. The maximum absolute atomic E-state index is 12.2. The second kappa shape index (κ2) is 8.36. The first kappa shape index (κ1) is 20.8. The Labute approximate surface area is 184 Å². The molecule has 0 aromatic heterocycles. The van der Waals surface area contributed by atoms with E-state index in [0.29, 0.717) is 34.0 Å². The molecule has 0 spiro atoms. The first-order valence-electron chi connectivity index (χ1n) is 9.72. The minimum atomic E-state index is -0.489. The average Bonchev–Trinajstić information content (AvgIpc) is 3.32. The molecule has 2 aromatic carbocycles. The van der Waals surface area contributed by atoms with Gasteiger partial charge in [0.05, 0.1) is 6.61 Å². The van der Waals surface area contributed by atoms with Crippen LogP contribution in [0.2, 0.25) is 10.0 Å². The van der Waals surface area contributed by atoms with E-state index < -0.39 is 6.09 Å². The molecule has 8 heteroatoms. The molecule has 158 valence electrons. The van der Waals surface area contributed by atoms with Crippen molar-refractivity contribution < 1.29 is 19.1 Å². The summed E-state index contributed by atoms with van der Waals surface area (Å²) in [6, 6.07) is 12.2. The van der Waals surface area contributed by atoms with Gasteiger partial charge in [0.25, 0.3) is 5.91 Å². The minimum absolute atomic E-state index is 0.00340. The number of ether oxygens (including phenoxy) is 2. The summed E-state index contributed by atoms with van der Waals surface area (Å²) in [5.74, 6) is 0.804. The van der Waals surface area contributed by atoms with E-state index in [9.17, 15) is 9.59 Å². The second-order valence-electron chi connectivity index (χ2n) is 7.96. The van der Waals surface area contributed by atoms with Crippen LogP contribution < -0.4 is 15.4 Å². The molecule has 2 aliphatic rings. The van der Waals surface area contributed by atoms with Crippen molar-refractivity contribution >= 4 is 40.9 Å². The van der Waals surface area contributed by atoms with Crippen molar-refractivity contribution in [1.29, 1.82) is 0 Å². The monoisotopic (exact) mass is 448 g/mol. The van der Waals surface area contributed by atoms with Crippen LogP contribution in [0.15, 0.2) is 42.5 Å². The van der Waals surface area contributed by atoms with Gasteiger partial charge in [0, 0.05) is 27.2 Å². The molecule has 2 N–H and O–H groups in total. The maximum atomic E-state index is 12.2. The lowest BCUT2D eigenvalue weighted by Gasteiger charge is -2.34.